The second-order valence-corrected chi connectivity index (χ2v) is 6.78. The molecule has 0 bridgehead atoms. The molecule has 0 spiro atoms. The fraction of sp³-hybridized carbons (Fsp3) is 0.500. The number of aromatic nitrogens is 1. The number of carbonyl (C=O) groups is 1. The molecule has 2 aromatic rings. The first-order chi connectivity index (χ1) is 10.7. The Bertz CT molecular complexity index is 711. The maximum absolute atomic E-state index is 13.3. The van der Waals surface area contributed by atoms with Crippen molar-refractivity contribution in [2.75, 3.05) is 0 Å². The monoisotopic (exact) mass is 300 g/mol. The predicted molar refractivity (Wildman–Crippen MR) is 84.2 cm³/mol. The quantitative estimate of drug-likeness (QED) is 0.890. The molecule has 0 saturated heterocycles. The molecule has 3 nitrogen and oxygen atoms in total. The lowest BCUT2D eigenvalue weighted by atomic mass is 9.91. The van der Waals surface area contributed by atoms with Gasteiger partial charge in [-0.05, 0) is 49.4 Å². The summed E-state index contributed by atoms with van der Waals surface area (Å²) < 4.78 is 13.3. The van der Waals surface area contributed by atoms with E-state index in [-0.39, 0.29) is 11.7 Å². The van der Waals surface area contributed by atoms with Gasteiger partial charge in [-0.15, -0.1) is 0 Å². The minimum atomic E-state index is -0.395. The van der Waals surface area contributed by atoms with E-state index in [2.05, 4.69) is 10.3 Å². The zero-order valence-corrected chi connectivity index (χ0v) is 12.6. The standard InChI is InChI=1S/C18H21FN2O/c19-12-6-7-14-15(11-20-16(14)10-12)18(8-9-18)17(22)21-13-4-2-1-3-5-13/h6-7,10-11,13,20H,1-5,8-9H2,(H,21,22). The van der Waals surface area contributed by atoms with Crippen LogP contribution >= 0.6 is 0 Å². The molecule has 2 N–H and O–H groups in total. The molecule has 1 aromatic heterocycles. The van der Waals surface area contributed by atoms with Gasteiger partial charge in [-0.25, -0.2) is 4.39 Å². The minimum Gasteiger partial charge on any atom is -0.361 e. The van der Waals surface area contributed by atoms with E-state index in [1.54, 1.807) is 6.07 Å². The minimum absolute atomic E-state index is 0.157. The van der Waals surface area contributed by atoms with Crippen molar-refractivity contribution in [3.63, 3.8) is 0 Å². The molecule has 4 rings (SSSR count). The van der Waals surface area contributed by atoms with Gasteiger partial charge in [0.25, 0.3) is 0 Å². The average Bonchev–Trinajstić information content (AvgIpc) is 3.23. The number of benzene rings is 1. The maximum Gasteiger partial charge on any atom is 0.230 e. The first-order valence-corrected chi connectivity index (χ1v) is 8.27. The molecule has 1 aromatic carbocycles. The number of aromatic amines is 1. The molecule has 116 valence electrons. The van der Waals surface area contributed by atoms with Gasteiger partial charge in [0.15, 0.2) is 0 Å². The van der Waals surface area contributed by atoms with Crippen LogP contribution in [-0.4, -0.2) is 16.9 Å². The zero-order valence-electron chi connectivity index (χ0n) is 12.6. The Morgan fingerprint density at radius 2 is 2.00 bits per heavy atom. The van der Waals surface area contributed by atoms with Crippen molar-refractivity contribution >= 4 is 16.8 Å². The van der Waals surface area contributed by atoms with Crippen LogP contribution in [-0.2, 0) is 10.2 Å². The summed E-state index contributed by atoms with van der Waals surface area (Å²) in [6, 6.07) is 5.08. The van der Waals surface area contributed by atoms with Crippen LogP contribution in [0.2, 0.25) is 0 Å². The number of hydrogen-bond acceptors (Lipinski definition) is 1. The number of halogens is 1. The number of nitrogens with one attached hydrogen (secondary N) is 2. The molecule has 2 fully saturated rings. The van der Waals surface area contributed by atoms with Gasteiger partial charge in [-0.3, -0.25) is 4.79 Å². The van der Waals surface area contributed by atoms with Crippen LogP contribution in [0.4, 0.5) is 4.39 Å². The van der Waals surface area contributed by atoms with Crippen molar-refractivity contribution < 1.29 is 9.18 Å². The van der Waals surface area contributed by atoms with Crippen LogP contribution in [0.15, 0.2) is 24.4 Å². The van der Waals surface area contributed by atoms with Crippen molar-refractivity contribution in [1.82, 2.24) is 10.3 Å². The highest BCUT2D eigenvalue weighted by atomic mass is 19.1. The highest BCUT2D eigenvalue weighted by molar-refractivity contribution is 5.97. The third-order valence-corrected chi connectivity index (χ3v) is 5.28. The van der Waals surface area contributed by atoms with Crippen LogP contribution < -0.4 is 5.32 Å². The number of amides is 1. The van der Waals surface area contributed by atoms with Crippen molar-refractivity contribution in [3.8, 4) is 0 Å². The molecule has 0 radical (unpaired) electrons. The molecule has 0 atom stereocenters. The molecular weight excluding hydrogens is 279 g/mol. The van der Waals surface area contributed by atoms with Gasteiger partial charge in [0.05, 0.1) is 5.41 Å². The fourth-order valence-electron chi connectivity index (χ4n) is 3.81. The summed E-state index contributed by atoms with van der Waals surface area (Å²) in [6.07, 6.45) is 9.56. The molecule has 1 amide bonds. The second-order valence-electron chi connectivity index (χ2n) is 6.78. The fourth-order valence-corrected chi connectivity index (χ4v) is 3.81. The highest BCUT2D eigenvalue weighted by Gasteiger charge is 2.52. The first kappa shape index (κ1) is 13.8. The Balaban J connectivity index is 1.60. The lowest BCUT2D eigenvalue weighted by Crippen LogP contribution is -2.42. The third-order valence-electron chi connectivity index (χ3n) is 5.28. The van der Waals surface area contributed by atoms with Gasteiger partial charge in [0.2, 0.25) is 5.91 Å². The summed E-state index contributed by atoms with van der Waals surface area (Å²) in [7, 11) is 0. The molecule has 1 heterocycles. The van der Waals surface area contributed by atoms with Gasteiger partial charge in [-0.1, -0.05) is 19.3 Å². The Labute approximate surface area is 129 Å². The molecule has 2 aliphatic carbocycles. The summed E-state index contributed by atoms with van der Waals surface area (Å²) in [5, 5.41) is 4.23. The molecule has 2 saturated carbocycles. The molecular formula is C18H21FN2O. The van der Waals surface area contributed by atoms with E-state index < -0.39 is 5.41 Å². The number of carbonyl (C=O) groups excluding carboxylic acids is 1. The number of H-pyrrole nitrogens is 1. The van der Waals surface area contributed by atoms with Gasteiger partial charge < -0.3 is 10.3 Å². The van der Waals surface area contributed by atoms with E-state index in [1.807, 2.05) is 6.20 Å². The highest BCUT2D eigenvalue weighted by Crippen LogP contribution is 2.50. The molecule has 0 aliphatic heterocycles. The maximum atomic E-state index is 13.3. The van der Waals surface area contributed by atoms with Gasteiger partial charge in [0, 0.05) is 23.1 Å². The summed E-state index contributed by atoms with van der Waals surface area (Å²) in [6.45, 7) is 0. The average molecular weight is 300 g/mol. The summed E-state index contributed by atoms with van der Waals surface area (Å²) in [5.74, 6) is -0.0953. The van der Waals surface area contributed by atoms with E-state index in [9.17, 15) is 9.18 Å². The Kier molecular flexibility index (Phi) is 3.21. The SMILES string of the molecule is O=C(NC1CCCCC1)C1(c2c[nH]c3cc(F)ccc23)CC1. The lowest BCUT2D eigenvalue weighted by Gasteiger charge is -2.25. The van der Waals surface area contributed by atoms with Gasteiger partial charge >= 0.3 is 0 Å². The van der Waals surface area contributed by atoms with E-state index in [4.69, 9.17) is 0 Å². The van der Waals surface area contributed by atoms with E-state index >= 15 is 0 Å². The number of hydrogen-bond donors (Lipinski definition) is 2. The van der Waals surface area contributed by atoms with E-state index in [0.29, 0.717) is 6.04 Å². The number of fused-ring (bicyclic) bond motifs is 1. The van der Waals surface area contributed by atoms with Crippen LogP contribution in [0.3, 0.4) is 0 Å². The number of rotatable bonds is 3. The first-order valence-electron chi connectivity index (χ1n) is 8.27. The van der Waals surface area contributed by atoms with E-state index in [1.165, 1.54) is 31.4 Å². The lowest BCUT2D eigenvalue weighted by molar-refractivity contribution is -0.124. The van der Waals surface area contributed by atoms with Crippen LogP contribution in [0.25, 0.3) is 10.9 Å². The summed E-state index contributed by atoms with van der Waals surface area (Å²) in [4.78, 5) is 15.9. The van der Waals surface area contributed by atoms with Gasteiger partial charge in [-0.2, -0.15) is 0 Å². The Morgan fingerprint density at radius 3 is 2.73 bits per heavy atom. The summed E-state index contributed by atoms with van der Waals surface area (Å²) in [5.41, 5.74) is 1.40. The molecule has 2 aliphatic rings. The van der Waals surface area contributed by atoms with Crippen LogP contribution in [0.5, 0.6) is 0 Å². The smallest absolute Gasteiger partial charge is 0.230 e. The Hall–Kier alpha value is -1.84. The Morgan fingerprint density at radius 1 is 1.23 bits per heavy atom. The zero-order chi connectivity index (χ0) is 15.2. The predicted octanol–water partition coefficient (Wildman–Crippen LogP) is 3.79. The second kappa shape index (κ2) is 5.11. The van der Waals surface area contributed by atoms with Gasteiger partial charge in [0.1, 0.15) is 5.82 Å². The molecule has 4 heteroatoms. The van der Waals surface area contributed by atoms with Crippen LogP contribution in [0.1, 0.15) is 50.5 Å². The van der Waals surface area contributed by atoms with E-state index in [0.717, 1.165) is 42.1 Å². The normalized spacial score (nSPS) is 21.0. The third kappa shape index (κ3) is 2.21. The van der Waals surface area contributed by atoms with Crippen molar-refractivity contribution in [2.24, 2.45) is 0 Å². The molecule has 0 unspecified atom stereocenters. The van der Waals surface area contributed by atoms with Crippen molar-refractivity contribution in [2.45, 2.75) is 56.4 Å². The van der Waals surface area contributed by atoms with Crippen LogP contribution in [0, 0.1) is 5.82 Å². The van der Waals surface area contributed by atoms with Crippen molar-refractivity contribution in [3.05, 3.63) is 35.8 Å². The summed E-state index contributed by atoms with van der Waals surface area (Å²) >= 11 is 0. The topological polar surface area (TPSA) is 44.9 Å². The largest absolute Gasteiger partial charge is 0.361 e. The van der Waals surface area contributed by atoms with Crippen molar-refractivity contribution in [1.29, 1.82) is 0 Å². The molecule has 22 heavy (non-hydrogen) atoms.